The van der Waals surface area contributed by atoms with Crippen LogP contribution in [0.1, 0.15) is 27.6 Å². The molecule has 8 heteroatoms. The van der Waals surface area contributed by atoms with E-state index in [4.69, 9.17) is 5.11 Å². The fourth-order valence-electron chi connectivity index (χ4n) is 2.21. The van der Waals surface area contributed by atoms with Crippen LogP contribution in [0.25, 0.3) is 5.69 Å². The third kappa shape index (κ3) is 3.74. The molecule has 0 amide bonds. The summed E-state index contributed by atoms with van der Waals surface area (Å²) >= 11 is 1.25. The van der Waals surface area contributed by atoms with Gasteiger partial charge in [0.05, 0.1) is 16.5 Å². The maximum atomic E-state index is 12.5. The van der Waals surface area contributed by atoms with Crippen LogP contribution in [0.2, 0.25) is 0 Å². The fraction of sp³-hybridized carbons (Fsp3) is 0.118. The van der Waals surface area contributed by atoms with Gasteiger partial charge in [0.1, 0.15) is 0 Å². The molecule has 0 aliphatic rings. The zero-order valence-electron chi connectivity index (χ0n) is 13.2. The van der Waals surface area contributed by atoms with Gasteiger partial charge in [0.15, 0.2) is 5.78 Å². The molecule has 3 rings (SSSR count). The number of rotatable bonds is 6. The number of hydrogen-bond acceptors (Lipinski definition) is 6. The summed E-state index contributed by atoms with van der Waals surface area (Å²) < 4.78 is 1.48. The first-order valence-electron chi connectivity index (χ1n) is 7.44. The quantitative estimate of drug-likeness (QED) is 0.537. The Labute approximate surface area is 147 Å². The van der Waals surface area contributed by atoms with Gasteiger partial charge in [-0.3, -0.25) is 4.79 Å². The lowest BCUT2D eigenvalue weighted by atomic mass is 10.1. The molecule has 0 radical (unpaired) electrons. The predicted octanol–water partition coefficient (Wildman–Crippen LogP) is 2.72. The number of Topliss-reactive ketones (excluding diaryl/α,β-unsaturated/α-hetero) is 1. The Hall–Kier alpha value is -3.00. The van der Waals surface area contributed by atoms with E-state index in [-0.39, 0.29) is 16.6 Å². The highest BCUT2D eigenvalue weighted by Gasteiger charge is 2.20. The van der Waals surface area contributed by atoms with E-state index in [0.717, 1.165) is 0 Å². The standard InChI is InChI=1S/C17H14N4O3S/c1-11(15(22)12-5-3-2-4-6-12)25-17-18-19-20-21(17)14-9-7-13(8-10-14)16(23)24/h2-11H,1H3,(H,23,24). The van der Waals surface area contributed by atoms with Gasteiger partial charge < -0.3 is 5.11 Å². The Morgan fingerprint density at radius 3 is 2.36 bits per heavy atom. The van der Waals surface area contributed by atoms with Crippen molar-refractivity contribution in [3.05, 3.63) is 65.7 Å². The highest BCUT2D eigenvalue weighted by molar-refractivity contribution is 8.00. The second-order valence-electron chi connectivity index (χ2n) is 5.22. The van der Waals surface area contributed by atoms with Gasteiger partial charge >= 0.3 is 5.97 Å². The Kier molecular flexibility index (Phi) is 4.90. The molecule has 1 aromatic heterocycles. The van der Waals surface area contributed by atoms with Crippen LogP contribution in [0.15, 0.2) is 59.8 Å². The van der Waals surface area contributed by atoms with Crippen molar-refractivity contribution in [3.8, 4) is 5.69 Å². The van der Waals surface area contributed by atoms with E-state index < -0.39 is 5.97 Å². The van der Waals surface area contributed by atoms with Gasteiger partial charge in [0.25, 0.3) is 0 Å². The molecule has 25 heavy (non-hydrogen) atoms. The third-order valence-electron chi connectivity index (χ3n) is 3.51. The van der Waals surface area contributed by atoms with Crippen molar-refractivity contribution in [2.45, 2.75) is 17.3 Å². The summed E-state index contributed by atoms with van der Waals surface area (Å²) in [6, 6.07) is 15.2. The average Bonchev–Trinajstić information content (AvgIpc) is 3.10. The molecule has 1 atom stereocenters. The monoisotopic (exact) mass is 354 g/mol. The highest BCUT2D eigenvalue weighted by atomic mass is 32.2. The van der Waals surface area contributed by atoms with Crippen molar-refractivity contribution < 1.29 is 14.7 Å². The second-order valence-corrected chi connectivity index (χ2v) is 6.52. The SMILES string of the molecule is CC(Sc1nnnn1-c1ccc(C(=O)O)cc1)C(=O)c1ccccc1. The Morgan fingerprint density at radius 2 is 1.72 bits per heavy atom. The molecule has 0 saturated heterocycles. The lowest BCUT2D eigenvalue weighted by Gasteiger charge is -2.10. The number of aromatic carboxylic acids is 1. The highest BCUT2D eigenvalue weighted by Crippen LogP contribution is 2.25. The average molecular weight is 354 g/mol. The number of ketones is 1. The summed E-state index contributed by atoms with van der Waals surface area (Å²) in [4.78, 5) is 23.4. The summed E-state index contributed by atoms with van der Waals surface area (Å²) in [5, 5.41) is 20.6. The maximum Gasteiger partial charge on any atom is 0.335 e. The molecule has 0 spiro atoms. The number of carboxylic acids is 1. The number of carbonyl (C=O) groups is 2. The normalized spacial score (nSPS) is 11.9. The van der Waals surface area contributed by atoms with Gasteiger partial charge in [0.2, 0.25) is 5.16 Å². The predicted molar refractivity (Wildman–Crippen MR) is 92.2 cm³/mol. The number of thioether (sulfide) groups is 1. The molecule has 0 aliphatic heterocycles. The molecule has 3 aromatic rings. The van der Waals surface area contributed by atoms with Crippen LogP contribution < -0.4 is 0 Å². The van der Waals surface area contributed by atoms with Crippen molar-refractivity contribution in [2.24, 2.45) is 0 Å². The zero-order chi connectivity index (χ0) is 17.8. The Morgan fingerprint density at radius 1 is 1.04 bits per heavy atom. The Bertz CT molecular complexity index is 894. The number of nitrogens with zero attached hydrogens (tertiary/aromatic N) is 4. The first-order valence-corrected chi connectivity index (χ1v) is 8.32. The Balaban J connectivity index is 1.80. The van der Waals surface area contributed by atoms with Gasteiger partial charge in [0, 0.05) is 5.56 Å². The van der Waals surface area contributed by atoms with Crippen LogP contribution in [-0.2, 0) is 0 Å². The van der Waals surface area contributed by atoms with E-state index in [9.17, 15) is 9.59 Å². The number of carboxylic acid groups (broad SMARTS) is 1. The van der Waals surface area contributed by atoms with Gasteiger partial charge in [-0.25, -0.2) is 4.79 Å². The molecule has 0 bridgehead atoms. The molecule has 126 valence electrons. The van der Waals surface area contributed by atoms with Crippen molar-refractivity contribution in [3.63, 3.8) is 0 Å². The topological polar surface area (TPSA) is 98.0 Å². The first kappa shape index (κ1) is 16.8. The lowest BCUT2D eigenvalue weighted by Crippen LogP contribution is -2.14. The molecule has 1 unspecified atom stereocenters. The zero-order valence-corrected chi connectivity index (χ0v) is 14.1. The molecule has 7 nitrogen and oxygen atoms in total. The molecule has 1 heterocycles. The van der Waals surface area contributed by atoms with Crippen LogP contribution in [0.4, 0.5) is 0 Å². The summed E-state index contributed by atoms with van der Waals surface area (Å²) in [5.41, 5.74) is 1.43. The van der Waals surface area contributed by atoms with Crippen LogP contribution in [-0.4, -0.2) is 42.3 Å². The molecule has 0 aliphatic carbocycles. The number of carbonyl (C=O) groups excluding carboxylic acids is 1. The van der Waals surface area contributed by atoms with Crippen molar-refractivity contribution in [1.82, 2.24) is 20.2 Å². The summed E-state index contributed by atoms with van der Waals surface area (Å²) in [7, 11) is 0. The van der Waals surface area contributed by atoms with Crippen LogP contribution in [0, 0.1) is 0 Å². The van der Waals surface area contributed by atoms with E-state index in [1.165, 1.54) is 28.6 Å². The van der Waals surface area contributed by atoms with Gasteiger partial charge in [-0.2, -0.15) is 4.68 Å². The minimum Gasteiger partial charge on any atom is -0.478 e. The van der Waals surface area contributed by atoms with E-state index >= 15 is 0 Å². The van der Waals surface area contributed by atoms with Gasteiger partial charge in [-0.15, -0.1) is 5.10 Å². The summed E-state index contributed by atoms with van der Waals surface area (Å²) in [6.45, 7) is 1.80. The molecule has 0 saturated carbocycles. The fourth-order valence-corrected chi connectivity index (χ4v) is 3.09. The summed E-state index contributed by atoms with van der Waals surface area (Å²) in [5.74, 6) is -1.01. The maximum absolute atomic E-state index is 12.5. The molecular weight excluding hydrogens is 340 g/mol. The number of benzene rings is 2. The smallest absolute Gasteiger partial charge is 0.335 e. The van der Waals surface area contributed by atoms with Crippen LogP contribution in [0.5, 0.6) is 0 Å². The number of tetrazole rings is 1. The molecular formula is C17H14N4O3S. The third-order valence-corrected chi connectivity index (χ3v) is 4.54. The van der Waals surface area contributed by atoms with Crippen molar-refractivity contribution in [2.75, 3.05) is 0 Å². The van der Waals surface area contributed by atoms with Gasteiger partial charge in [-0.1, -0.05) is 42.1 Å². The largest absolute Gasteiger partial charge is 0.478 e. The van der Waals surface area contributed by atoms with Crippen LogP contribution >= 0.6 is 11.8 Å². The molecule has 2 aromatic carbocycles. The molecule has 1 N–H and O–H groups in total. The van der Waals surface area contributed by atoms with E-state index in [1.807, 2.05) is 18.2 Å². The lowest BCUT2D eigenvalue weighted by molar-refractivity contribution is 0.0696. The first-order chi connectivity index (χ1) is 12.1. The summed E-state index contributed by atoms with van der Waals surface area (Å²) in [6.07, 6.45) is 0. The minimum absolute atomic E-state index is 0.0126. The number of aromatic nitrogens is 4. The second kappa shape index (κ2) is 7.27. The van der Waals surface area contributed by atoms with Crippen LogP contribution in [0.3, 0.4) is 0 Å². The van der Waals surface area contributed by atoms with Gasteiger partial charge in [-0.05, 0) is 41.6 Å². The van der Waals surface area contributed by atoms with E-state index in [2.05, 4.69) is 15.5 Å². The van der Waals surface area contributed by atoms with E-state index in [0.29, 0.717) is 16.4 Å². The minimum atomic E-state index is -1.00. The molecule has 0 fully saturated rings. The van der Waals surface area contributed by atoms with Crippen molar-refractivity contribution in [1.29, 1.82) is 0 Å². The number of hydrogen-bond donors (Lipinski definition) is 1. The van der Waals surface area contributed by atoms with E-state index in [1.54, 1.807) is 31.2 Å². The van der Waals surface area contributed by atoms with Crippen molar-refractivity contribution >= 4 is 23.5 Å².